The van der Waals surface area contributed by atoms with E-state index in [9.17, 15) is 9.59 Å². The molecule has 0 atom stereocenters. The number of carbonyl (C=O) groups excluding carboxylic acids is 1. The van der Waals surface area contributed by atoms with Crippen LogP contribution in [0.1, 0.15) is 28.0 Å². The zero-order valence-electron chi connectivity index (χ0n) is 15.4. The number of aromatic amines is 1. The molecule has 0 radical (unpaired) electrons. The SMILES string of the molecule is CNc1cc(C)[nH]c(=O)c1CCC(=O)c1ccc(Oc2ccccc2)cc1. The molecule has 0 unspecified atom stereocenters. The summed E-state index contributed by atoms with van der Waals surface area (Å²) in [6.45, 7) is 1.83. The highest BCUT2D eigenvalue weighted by Gasteiger charge is 2.12. The second kappa shape index (κ2) is 8.36. The van der Waals surface area contributed by atoms with Crippen molar-refractivity contribution in [3.8, 4) is 11.5 Å². The van der Waals surface area contributed by atoms with Gasteiger partial charge in [0.05, 0.1) is 0 Å². The van der Waals surface area contributed by atoms with Crippen molar-refractivity contribution in [2.45, 2.75) is 19.8 Å². The number of rotatable bonds is 7. The van der Waals surface area contributed by atoms with Crippen LogP contribution in [-0.2, 0) is 6.42 Å². The normalized spacial score (nSPS) is 10.4. The molecular weight excluding hydrogens is 340 g/mol. The number of anilines is 1. The largest absolute Gasteiger partial charge is 0.457 e. The van der Waals surface area contributed by atoms with E-state index in [1.165, 1.54) is 0 Å². The first-order valence-corrected chi connectivity index (χ1v) is 8.83. The summed E-state index contributed by atoms with van der Waals surface area (Å²) < 4.78 is 5.73. The van der Waals surface area contributed by atoms with Crippen LogP contribution < -0.4 is 15.6 Å². The van der Waals surface area contributed by atoms with E-state index in [0.29, 0.717) is 23.3 Å². The van der Waals surface area contributed by atoms with Gasteiger partial charge in [0.2, 0.25) is 0 Å². The fraction of sp³-hybridized carbons (Fsp3) is 0.182. The van der Waals surface area contributed by atoms with Gasteiger partial charge in [-0.2, -0.15) is 0 Å². The first-order chi connectivity index (χ1) is 13.1. The molecule has 0 amide bonds. The topological polar surface area (TPSA) is 71.2 Å². The van der Waals surface area contributed by atoms with Gasteiger partial charge in [-0.15, -0.1) is 0 Å². The van der Waals surface area contributed by atoms with E-state index < -0.39 is 0 Å². The number of para-hydroxylation sites is 1. The molecule has 27 heavy (non-hydrogen) atoms. The van der Waals surface area contributed by atoms with Crippen molar-refractivity contribution in [2.75, 3.05) is 12.4 Å². The summed E-state index contributed by atoms with van der Waals surface area (Å²) in [7, 11) is 1.77. The minimum absolute atomic E-state index is 0.0108. The van der Waals surface area contributed by atoms with Crippen LogP contribution in [-0.4, -0.2) is 17.8 Å². The Kier molecular flexibility index (Phi) is 5.71. The van der Waals surface area contributed by atoms with Crippen molar-refractivity contribution < 1.29 is 9.53 Å². The van der Waals surface area contributed by atoms with Crippen molar-refractivity contribution in [1.29, 1.82) is 0 Å². The molecule has 0 spiro atoms. The first kappa shape index (κ1) is 18.5. The number of aryl methyl sites for hydroxylation is 1. The van der Waals surface area contributed by atoms with E-state index in [1.807, 2.05) is 43.3 Å². The maximum Gasteiger partial charge on any atom is 0.253 e. The van der Waals surface area contributed by atoms with E-state index in [-0.39, 0.29) is 17.8 Å². The summed E-state index contributed by atoms with van der Waals surface area (Å²) in [5.74, 6) is 1.41. The van der Waals surface area contributed by atoms with Gasteiger partial charge in [0, 0.05) is 36.0 Å². The van der Waals surface area contributed by atoms with Crippen LogP contribution in [0.15, 0.2) is 65.5 Å². The molecule has 0 saturated carbocycles. The quantitative estimate of drug-likeness (QED) is 0.614. The Bertz CT molecular complexity index is 977. The molecule has 5 heteroatoms. The van der Waals surface area contributed by atoms with Crippen molar-refractivity contribution >= 4 is 11.5 Å². The molecule has 0 saturated heterocycles. The maximum absolute atomic E-state index is 12.5. The van der Waals surface area contributed by atoms with E-state index in [4.69, 9.17) is 4.74 Å². The number of carbonyl (C=O) groups is 1. The molecular formula is C22H22N2O3. The molecule has 0 aliphatic carbocycles. The lowest BCUT2D eigenvalue weighted by Crippen LogP contribution is -2.17. The zero-order valence-corrected chi connectivity index (χ0v) is 15.4. The van der Waals surface area contributed by atoms with Crippen molar-refractivity contribution in [1.82, 2.24) is 4.98 Å². The summed E-state index contributed by atoms with van der Waals surface area (Å²) in [5, 5.41) is 3.02. The second-order valence-electron chi connectivity index (χ2n) is 6.29. The Morgan fingerprint density at radius 3 is 2.37 bits per heavy atom. The van der Waals surface area contributed by atoms with Gasteiger partial charge in [-0.3, -0.25) is 9.59 Å². The van der Waals surface area contributed by atoms with E-state index in [1.54, 1.807) is 31.3 Å². The van der Waals surface area contributed by atoms with Crippen LogP contribution in [0.25, 0.3) is 0 Å². The number of benzene rings is 2. The predicted molar refractivity (Wildman–Crippen MR) is 107 cm³/mol. The average molecular weight is 362 g/mol. The minimum Gasteiger partial charge on any atom is -0.457 e. The van der Waals surface area contributed by atoms with Crippen LogP contribution in [0.2, 0.25) is 0 Å². The van der Waals surface area contributed by atoms with Crippen LogP contribution in [0.3, 0.4) is 0 Å². The molecule has 0 bridgehead atoms. The highest BCUT2D eigenvalue weighted by molar-refractivity contribution is 5.96. The molecule has 1 heterocycles. The Morgan fingerprint density at radius 2 is 1.70 bits per heavy atom. The molecule has 0 aliphatic heterocycles. The van der Waals surface area contributed by atoms with E-state index in [2.05, 4.69) is 10.3 Å². The number of nitrogens with one attached hydrogen (secondary N) is 2. The third-order valence-electron chi connectivity index (χ3n) is 4.30. The van der Waals surface area contributed by atoms with Crippen molar-refractivity contribution in [2.24, 2.45) is 0 Å². The number of Topliss-reactive ketones (excluding diaryl/α,β-unsaturated/α-hetero) is 1. The number of hydrogen-bond donors (Lipinski definition) is 2. The monoisotopic (exact) mass is 362 g/mol. The minimum atomic E-state index is -0.154. The van der Waals surface area contributed by atoms with Gasteiger partial charge < -0.3 is 15.0 Å². The summed E-state index contributed by atoms with van der Waals surface area (Å²) >= 11 is 0. The Balaban J connectivity index is 1.66. The fourth-order valence-corrected chi connectivity index (χ4v) is 2.90. The predicted octanol–water partition coefficient (Wildman–Crippen LogP) is 4.33. The number of ketones is 1. The Labute approximate surface area is 158 Å². The molecule has 3 aromatic rings. The summed E-state index contributed by atoms with van der Waals surface area (Å²) in [4.78, 5) is 27.4. The van der Waals surface area contributed by atoms with Gasteiger partial charge in [0.25, 0.3) is 5.56 Å². The number of ether oxygens (including phenoxy) is 1. The summed E-state index contributed by atoms with van der Waals surface area (Å²) in [6, 6.07) is 18.4. The standard InChI is InChI=1S/C22H22N2O3/c1-15-14-20(23-2)19(22(26)24-15)12-13-21(25)16-8-10-18(11-9-16)27-17-6-4-3-5-7-17/h3-11,14H,12-13H2,1-2H3,(H2,23,24,26). The Morgan fingerprint density at radius 1 is 1.04 bits per heavy atom. The smallest absolute Gasteiger partial charge is 0.253 e. The lowest BCUT2D eigenvalue weighted by molar-refractivity contribution is 0.0983. The zero-order chi connectivity index (χ0) is 19.2. The van der Waals surface area contributed by atoms with E-state index in [0.717, 1.165) is 17.1 Å². The number of pyridine rings is 1. The van der Waals surface area contributed by atoms with E-state index >= 15 is 0 Å². The number of H-pyrrole nitrogens is 1. The van der Waals surface area contributed by atoms with Gasteiger partial charge >= 0.3 is 0 Å². The fourth-order valence-electron chi connectivity index (χ4n) is 2.90. The van der Waals surface area contributed by atoms with Crippen molar-refractivity contribution in [3.63, 3.8) is 0 Å². The van der Waals surface area contributed by atoms with Gasteiger partial charge in [0.15, 0.2) is 5.78 Å². The molecule has 5 nitrogen and oxygen atoms in total. The molecule has 138 valence electrons. The van der Waals surface area contributed by atoms with Gasteiger partial charge in [-0.25, -0.2) is 0 Å². The third kappa shape index (κ3) is 4.64. The highest BCUT2D eigenvalue weighted by Crippen LogP contribution is 2.22. The second-order valence-corrected chi connectivity index (χ2v) is 6.29. The van der Waals surface area contributed by atoms with Crippen LogP contribution >= 0.6 is 0 Å². The van der Waals surface area contributed by atoms with Gasteiger partial charge in [-0.05, 0) is 55.8 Å². The summed E-state index contributed by atoms with van der Waals surface area (Å²) in [6.07, 6.45) is 0.645. The van der Waals surface area contributed by atoms with Crippen LogP contribution in [0.5, 0.6) is 11.5 Å². The Hall–Kier alpha value is -3.34. The molecule has 2 aromatic carbocycles. The molecule has 3 rings (SSSR count). The highest BCUT2D eigenvalue weighted by atomic mass is 16.5. The van der Waals surface area contributed by atoms with Gasteiger partial charge in [0.1, 0.15) is 11.5 Å². The van der Waals surface area contributed by atoms with Crippen LogP contribution in [0, 0.1) is 6.92 Å². The first-order valence-electron chi connectivity index (χ1n) is 8.83. The maximum atomic E-state index is 12.5. The lowest BCUT2D eigenvalue weighted by atomic mass is 10.0. The molecule has 0 fully saturated rings. The van der Waals surface area contributed by atoms with Crippen LogP contribution in [0.4, 0.5) is 5.69 Å². The molecule has 1 aromatic heterocycles. The number of aromatic nitrogens is 1. The average Bonchev–Trinajstić information content (AvgIpc) is 2.68. The molecule has 2 N–H and O–H groups in total. The molecule has 0 aliphatic rings. The summed E-state index contributed by atoms with van der Waals surface area (Å²) in [5.41, 5.74) is 2.59. The third-order valence-corrected chi connectivity index (χ3v) is 4.30. The lowest BCUT2D eigenvalue weighted by Gasteiger charge is -2.09. The van der Waals surface area contributed by atoms with Crippen molar-refractivity contribution in [3.05, 3.63) is 87.8 Å². The number of hydrogen-bond acceptors (Lipinski definition) is 4. The van der Waals surface area contributed by atoms with Gasteiger partial charge in [-0.1, -0.05) is 18.2 Å².